The Morgan fingerprint density at radius 1 is 1.35 bits per heavy atom. The van der Waals surface area contributed by atoms with Gasteiger partial charge in [-0.05, 0) is 43.0 Å². The monoisotopic (exact) mass is 420 g/mol. The third kappa shape index (κ3) is 4.49. The van der Waals surface area contributed by atoms with E-state index >= 15 is 0 Å². The molecule has 0 aliphatic heterocycles. The Morgan fingerprint density at radius 3 is 2.54 bits per heavy atom. The first-order valence-electron chi connectivity index (χ1n) is 8.19. The lowest BCUT2D eigenvalue weighted by Crippen LogP contribution is -2.25. The van der Waals surface area contributed by atoms with Crippen LogP contribution in [0.5, 0.6) is 5.75 Å². The van der Waals surface area contributed by atoms with E-state index in [2.05, 4.69) is 22.5 Å². The minimum Gasteiger partial charge on any atom is -0.481 e. The normalized spacial score (nSPS) is 19.7. The fraction of sp³-hybridized carbons (Fsp3) is 0.350. The number of ether oxygens (including phenoxy) is 1. The van der Waals surface area contributed by atoms with Crippen LogP contribution >= 0.6 is 15.9 Å². The van der Waals surface area contributed by atoms with Crippen molar-refractivity contribution in [3.05, 3.63) is 51.5 Å². The molecule has 1 aliphatic rings. The van der Waals surface area contributed by atoms with Gasteiger partial charge in [-0.15, -0.1) is 0 Å². The molecule has 6 heteroatoms. The molecule has 26 heavy (non-hydrogen) atoms. The van der Waals surface area contributed by atoms with Crippen LogP contribution in [0.25, 0.3) is 0 Å². The maximum absolute atomic E-state index is 12.2. The van der Waals surface area contributed by atoms with Gasteiger partial charge >= 0.3 is 11.9 Å². The van der Waals surface area contributed by atoms with Crippen LogP contribution in [-0.2, 0) is 20.8 Å². The van der Waals surface area contributed by atoms with Crippen LogP contribution in [0.1, 0.15) is 44.2 Å². The van der Waals surface area contributed by atoms with E-state index in [0.29, 0.717) is 33.3 Å². The summed E-state index contributed by atoms with van der Waals surface area (Å²) < 4.78 is 6.00. The first-order valence-corrected chi connectivity index (χ1v) is 8.99. The Balaban J connectivity index is 2.74. The van der Waals surface area contributed by atoms with Gasteiger partial charge in [-0.25, -0.2) is 0 Å². The lowest BCUT2D eigenvalue weighted by atomic mass is 9.72. The molecule has 2 atom stereocenters. The van der Waals surface area contributed by atoms with Crippen molar-refractivity contribution in [1.29, 1.82) is 0 Å². The summed E-state index contributed by atoms with van der Waals surface area (Å²) in [6.07, 6.45) is 1.90. The van der Waals surface area contributed by atoms with Gasteiger partial charge in [0.15, 0.2) is 5.78 Å². The summed E-state index contributed by atoms with van der Waals surface area (Å²) in [6.45, 7) is 8.88. The number of benzene rings is 1. The van der Waals surface area contributed by atoms with Crippen LogP contribution in [0.2, 0.25) is 0 Å². The number of hydrogen-bond acceptors (Lipinski definition) is 4. The quantitative estimate of drug-likeness (QED) is 0.438. The van der Waals surface area contributed by atoms with Crippen LogP contribution in [0, 0.1) is 5.92 Å². The van der Waals surface area contributed by atoms with Crippen molar-refractivity contribution in [2.75, 3.05) is 0 Å². The third-order valence-corrected chi connectivity index (χ3v) is 4.92. The number of Topliss-reactive ketones (excluding diaryl/α,β-unsaturated/α-hetero) is 1. The molecule has 0 radical (unpaired) electrons. The van der Waals surface area contributed by atoms with Crippen molar-refractivity contribution in [3.8, 4) is 5.75 Å². The number of ketones is 1. The van der Waals surface area contributed by atoms with Gasteiger partial charge in [0.25, 0.3) is 0 Å². The lowest BCUT2D eigenvalue weighted by Gasteiger charge is -2.32. The number of carbonyl (C=O) groups is 3. The molecule has 1 N–H and O–H groups in total. The molecule has 0 heterocycles. The third-order valence-electron chi connectivity index (χ3n) is 4.46. The van der Waals surface area contributed by atoms with Gasteiger partial charge in [0.05, 0.1) is 6.42 Å². The molecule has 5 nitrogen and oxygen atoms in total. The van der Waals surface area contributed by atoms with Crippen LogP contribution < -0.4 is 4.74 Å². The standard InChI is InChI=1S/C20H21BrO5/c1-10(2)15-9-17(23)11(3)5-16(15)20-13(7-19(24)25)6-14(21)8-18(20)26-12(4)22/h5-6,8,15-16H,1,7,9H2,2-4H3,(H,24,25)/t15-,16+/m0/s1. The van der Waals surface area contributed by atoms with Gasteiger partial charge in [0.2, 0.25) is 0 Å². The highest BCUT2D eigenvalue weighted by Gasteiger charge is 2.34. The van der Waals surface area contributed by atoms with Crippen LogP contribution in [0.3, 0.4) is 0 Å². The van der Waals surface area contributed by atoms with Crippen molar-refractivity contribution >= 4 is 33.7 Å². The second-order valence-corrected chi connectivity index (χ2v) is 7.51. The number of aliphatic carboxylic acids is 1. The smallest absolute Gasteiger partial charge is 0.308 e. The molecule has 0 unspecified atom stereocenters. The lowest BCUT2D eigenvalue weighted by molar-refractivity contribution is -0.136. The fourth-order valence-corrected chi connectivity index (χ4v) is 3.79. The summed E-state index contributed by atoms with van der Waals surface area (Å²) in [5.41, 5.74) is 2.60. The van der Waals surface area contributed by atoms with Crippen molar-refractivity contribution < 1.29 is 24.2 Å². The Bertz CT molecular complexity index is 784. The number of carboxylic acids is 1. The molecule has 0 bridgehead atoms. The van der Waals surface area contributed by atoms with Crippen LogP contribution in [0.4, 0.5) is 0 Å². The largest absolute Gasteiger partial charge is 0.481 e. The van der Waals surface area contributed by atoms with E-state index in [1.54, 1.807) is 19.1 Å². The number of carboxylic acid groups (broad SMARTS) is 1. The summed E-state index contributed by atoms with van der Waals surface area (Å²) in [5.74, 6) is -1.61. The van der Waals surface area contributed by atoms with E-state index in [0.717, 1.165) is 5.57 Å². The predicted octanol–water partition coefficient (Wildman–Crippen LogP) is 4.20. The van der Waals surface area contributed by atoms with Crippen LogP contribution in [0.15, 0.2) is 40.4 Å². The van der Waals surface area contributed by atoms with Crippen molar-refractivity contribution in [1.82, 2.24) is 0 Å². The molecule has 0 saturated carbocycles. The van der Waals surface area contributed by atoms with E-state index in [9.17, 15) is 19.5 Å². The first kappa shape index (κ1) is 20.1. The van der Waals surface area contributed by atoms with Crippen molar-refractivity contribution in [2.45, 2.75) is 39.5 Å². The minimum atomic E-state index is -0.988. The molecule has 1 aromatic carbocycles. The SMILES string of the molecule is C=C(C)[C@@H]1CC(=O)C(C)=C[C@H]1c1c(CC(=O)O)cc(Br)cc1OC(C)=O. The van der Waals surface area contributed by atoms with Gasteiger partial charge in [-0.3, -0.25) is 14.4 Å². The van der Waals surface area contributed by atoms with E-state index < -0.39 is 11.9 Å². The number of esters is 1. The molecular weight excluding hydrogens is 400 g/mol. The molecule has 2 rings (SSSR count). The Hall–Kier alpha value is -2.21. The average molecular weight is 421 g/mol. The molecular formula is C20H21BrO5. The topological polar surface area (TPSA) is 80.7 Å². The molecule has 1 aliphatic carbocycles. The zero-order chi connectivity index (χ0) is 19.6. The van der Waals surface area contributed by atoms with Crippen LogP contribution in [-0.4, -0.2) is 22.8 Å². The number of halogens is 1. The van der Waals surface area contributed by atoms with Crippen molar-refractivity contribution in [2.24, 2.45) is 5.92 Å². The zero-order valence-electron chi connectivity index (χ0n) is 15.0. The highest BCUT2D eigenvalue weighted by Crippen LogP contribution is 2.44. The van der Waals surface area contributed by atoms with Gasteiger partial charge in [0, 0.05) is 29.3 Å². The minimum absolute atomic E-state index is 0.0418. The first-order chi connectivity index (χ1) is 12.1. The highest BCUT2D eigenvalue weighted by atomic mass is 79.9. The fourth-order valence-electron chi connectivity index (χ4n) is 3.31. The van der Waals surface area contributed by atoms with E-state index in [1.165, 1.54) is 6.92 Å². The Morgan fingerprint density at radius 2 is 2.00 bits per heavy atom. The number of rotatable bonds is 5. The summed E-state index contributed by atoms with van der Waals surface area (Å²) in [6, 6.07) is 3.36. The Kier molecular flexibility index (Phi) is 6.18. The summed E-state index contributed by atoms with van der Waals surface area (Å²) in [4.78, 5) is 35.1. The zero-order valence-corrected chi connectivity index (χ0v) is 16.6. The maximum Gasteiger partial charge on any atom is 0.308 e. The highest BCUT2D eigenvalue weighted by molar-refractivity contribution is 9.10. The van der Waals surface area contributed by atoms with Crippen molar-refractivity contribution in [3.63, 3.8) is 0 Å². The molecule has 0 fully saturated rings. The van der Waals surface area contributed by atoms with E-state index in [4.69, 9.17) is 4.74 Å². The molecule has 1 aromatic rings. The predicted molar refractivity (Wildman–Crippen MR) is 101 cm³/mol. The van der Waals surface area contributed by atoms with Gasteiger partial charge in [-0.2, -0.15) is 0 Å². The van der Waals surface area contributed by atoms with E-state index in [1.807, 2.05) is 13.0 Å². The Labute approximate surface area is 160 Å². The molecule has 0 aromatic heterocycles. The average Bonchev–Trinajstić information content (AvgIpc) is 2.48. The number of hydrogen-bond donors (Lipinski definition) is 1. The van der Waals surface area contributed by atoms with E-state index in [-0.39, 0.29) is 24.0 Å². The molecule has 0 spiro atoms. The molecule has 0 amide bonds. The molecule has 0 saturated heterocycles. The van der Waals surface area contributed by atoms with Gasteiger partial charge in [0.1, 0.15) is 5.75 Å². The number of allylic oxidation sites excluding steroid dienone is 3. The maximum atomic E-state index is 12.2. The summed E-state index contributed by atoms with van der Waals surface area (Å²) in [7, 11) is 0. The number of carbonyl (C=O) groups excluding carboxylic acids is 2. The second-order valence-electron chi connectivity index (χ2n) is 6.60. The molecule has 138 valence electrons. The second kappa shape index (κ2) is 7.99. The van der Waals surface area contributed by atoms with Gasteiger partial charge < -0.3 is 9.84 Å². The summed E-state index contributed by atoms with van der Waals surface area (Å²) in [5, 5.41) is 9.31. The summed E-state index contributed by atoms with van der Waals surface area (Å²) >= 11 is 3.35. The van der Waals surface area contributed by atoms with Gasteiger partial charge in [-0.1, -0.05) is 34.2 Å².